The monoisotopic (exact) mass is 488 g/mol. The predicted molar refractivity (Wildman–Crippen MR) is 143 cm³/mol. The number of carbonyl (C=O) groups excluding carboxylic acids is 1. The first-order chi connectivity index (χ1) is 18.1. The van der Waals surface area contributed by atoms with Gasteiger partial charge >= 0.3 is 0 Å². The van der Waals surface area contributed by atoms with Crippen molar-refractivity contribution in [2.75, 3.05) is 5.32 Å². The fourth-order valence-electron chi connectivity index (χ4n) is 4.47. The summed E-state index contributed by atoms with van der Waals surface area (Å²) in [7, 11) is 3.93. The Balaban J connectivity index is 1.36. The maximum atomic E-state index is 13.1. The topological polar surface area (TPSA) is 103 Å². The quantitative estimate of drug-likeness (QED) is 0.356. The van der Waals surface area contributed by atoms with Crippen LogP contribution >= 0.6 is 0 Å². The minimum absolute atomic E-state index is 0.207. The SMILES string of the molecule is Cn1cncc1CNC(=O)c1ccncc1Nc1cc(-c2ccc3ccn(C)c3c2)c2nccnc2c1. The smallest absolute Gasteiger partial charge is 0.253 e. The van der Waals surface area contributed by atoms with Crippen molar-refractivity contribution in [3.05, 3.63) is 97.2 Å². The third-order valence-electron chi connectivity index (χ3n) is 6.46. The molecular formula is C28H24N8O. The molecule has 6 aromatic rings. The van der Waals surface area contributed by atoms with Crippen LogP contribution in [0.1, 0.15) is 16.1 Å². The molecule has 0 aliphatic carbocycles. The predicted octanol–water partition coefficient (Wildman–Crippen LogP) is 4.59. The minimum Gasteiger partial charge on any atom is -0.354 e. The van der Waals surface area contributed by atoms with Crippen LogP contribution in [0, 0.1) is 0 Å². The van der Waals surface area contributed by atoms with E-state index in [9.17, 15) is 4.79 Å². The van der Waals surface area contributed by atoms with Crippen LogP contribution in [0.4, 0.5) is 11.4 Å². The molecule has 0 bridgehead atoms. The molecule has 4 aromatic heterocycles. The van der Waals surface area contributed by atoms with Crippen molar-refractivity contribution in [3.8, 4) is 11.1 Å². The van der Waals surface area contributed by atoms with Crippen molar-refractivity contribution >= 4 is 39.2 Å². The van der Waals surface area contributed by atoms with Gasteiger partial charge in [0.05, 0.1) is 47.0 Å². The summed E-state index contributed by atoms with van der Waals surface area (Å²) in [6, 6.07) is 14.1. The highest BCUT2D eigenvalue weighted by Gasteiger charge is 2.15. The van der Waals surface area contributed by atoms with Gasteiger partial charge in [-0.3, -0.25) is 19.7 Å². The molecule has 6 rings (SSSR count). The summed E-state index contributed by atoms with van der Waals surface area (Å²) in [5.41, 5.74) is 7.44. The number of nitrogens with one attached hydrogen (secondary N) is 2. The number of imidazole rings is 1. The molecule has 0 aliphatic rings. The molecule has 0 saturated heterocycles. The highest BCUT2D eigenvalue weighted by Crippen LogP contribution is 2.33. The first kappa shape index (κ1) is 22.4. The van der Waals surface area contributed by atoms with Crippen molar-refractivity contribution < 1.29 is 4.79 Å². The van der Waals surface area contributed by atoms with Crippen LogP contribution in [0.2, 0.25) is 0 Å². The molecule has 2 aromatic carbocycles. The second-order valence-electron chi connectivity index (χ2n) is 8.87. The number of benzene rings is 2. The van der Waals surface area contributed by atoms with Crippen LogP contribution < -0.4 is 10.6 Å². The van der Waals surface area contributed by atoms with Gasteiger partial charge in [-0.25, -0.2) is 4.98 Å². The summed E-state index contributed by atoms with van der Waals surface area (Å²) in [6.07, 6.45) is 12.1. The van der Waals surface area contributed by atoms with Gasteiger partial charge in [0.2, 0.25) is 0 Å². The first-order valence-corrected chi connectivity index (χ1v) is 11.8. The lowest BCUT2D eigenvalue weighted by Gasteiger charge is -2.14. The largest absolute Gasteiger partial charge is 0.354 e. The molecule has 0 aliphatic heterocycles. The number of pyridine rings is 1. The van der Waals surface area contributed by atoms with Gasteiger partial charge in [0.15, 0.2) is 0 Å². The third kappa shape index (κ3) is 4.27. The zero-order valence-electron chi connectivity index (χ0n) is 20.4. The number of amides is 1. The van der Waals surface area contributed by atoms with Gasteiger partial charge in [-0.05, 0) is 41.3 Å². The summed E-state index contributed by atoms with van der Waals surface area (Å²) >= 11 is 0. The van der Waals surface area contributed by atoms with E-state index in [0.29, 0.717) is 17.8 Å². The number of carbonyl (C=O) groups is 1. The molecule has 37 heavy (non-hydrogen) atoms. The van der Waals surface area contributed by atoms with Gasteiger partial charge in [-0.15, -0.1) is 0 Å². The number of hydrogen-bond donors (Lipinski definition) is 2. The number of aromatic nitrogens is 6. The van der Waals surface area contributed by atoms with Crippen LogP contribution in [0.25, 0.3) is 33.1 Å². The number of aryl methyl sites for hydroxylation is 2. The highest BCUT2D eigenvalue weighted by atomic mass is 16.1. The van der Waals surface area contributed by atoms with Gasteiger partial charge in [0, 0.05) is 61.8 Å². The van der Waals surface area contributed by atoms with Crippen molar-refractivity contribution in [3.63, 3.8) is 0 Å². The van der Waals surface area contributed by atoms with E-state index in [0.717, 1.165) is 39.1 Å². The summed E-state index contributed by atoms with van der Waals surface area (Å²) in [6.45, 7) is 0.369. The molecule has 0 spiro atoms. The van der Waals surface area contributed by atoms with Gasteiger partial charge < -0.3 is 19.8 Å². The summed E-state index contributed by atoms with van der Waals surface area (Å²) in [4.78, 5) is 30.6. The molecule has 0 fully saturated rings. The molecule has 9 heteroatoms. The Kier molecular flexibility index (Phi) is 5.57. The molecule has 0 unspecified atom stereocenters. The summed E-state index contributed by atoms with van der Waals surface area (Å²) in [5.74, 6) is -0.207. The Morgan fingerprint density at radius 2 is 1.81 bits per heavy atom. The van der Waals surface area contributed by atoms with Crippen molar-refractivity contribution in [2.24, 2.45) is 14.1 Å². The second-order valence-corrected chi connectivity index (χ2v) is 8.87. The van der Waals surface area contributed by atoms with Gasteiger partial charge in [0.25, 0.3) is 5.91 Å². The molecular weight excluding hydrogens is 464 g/mol. The van der Waals surface area contributed by atoms with E-state index in [1.807, 2.05) is 37.0 Å². The Morgan fingerprint density at radius 3 is 2.68 bits per heavy atom. The van der Waals surface area contributed by atoms with E-state index >= 15 is 0 Å². The number of rotatable bonds is 6. The van der Waals surface area contributed by atoms with Gasteiger partial charge in [0.1, 0.15) is 0 Å². The zero-order chi connectivity index (χ0) is 25.4. The van der Waals surface area contributed by atoms with Gasteiger partial charge in [-0.1, -0.05) is 12.1 Å². The molecule has 2 N–H and O–H groups in total. The number of nitrogens with zero attached hydrogens (tertiary/aromatic N) is 6. The van der Waals surface area contributed by atoms with Crippen molar-refractivity contribution in [2.45, 2.75) is 6.54 Å². The molecule has 182 valence electrons. The number of fused-ring (bicyclic) bond motifs is 2. The number of anilines is 2. The van der Waals surface area contributed by atoms with E-state index in [1.165, 1.54) is 5.39 Å². The van der Waals surface area contributed by atoms with Crippen LogP contribution in [0.3, 0.4) is 0 Å². The average molecular weight is 489 g/mol. The maximum absolute atomic E-state index is 13.1. The lowest BCUT2D eigenvalue weighted by atomic mass is 10.0. The second kappa shape index (κ2) is 9.19. The summed E-state index contributed by atoms with van der Waals surface area (Å²) < 4.78 is 3.97. The van der Waals surface area contributed by atoms with E-state index in [4.69, 9.17) is 0 Å². The van der Waals surface area contributed by atoms with Gasteiger partial charge in [-0.2, -0.15) is 0 Å². The van der Waals surface area contributed by atoms with Crippen LogP contribution in [0.5, 0.6) is 0 Å². The molecule has 9 nitrogen and oxygen atoms in total. The summed E-state index contributed by atoms with van der Waals surface area (Å²) in [5, 5.41) is 7.53. The standard InChI is InChI=1S/C28H24N8O/c1-35-10-6-18-3-4-19(11-26(18)35)23-12-20(13-24-27(23)32-9-8-31-24)34-25-16-29-7-5-22(25)28(37)33-15-21-14-30-17-36(21)2/h3-14,16-17,34H,15H2,1-2H3,(H,33,37). The Labute approximate surface area is 212 Å². The van der Waals surface area contributed by atoms with Crippen LogP contribution in [-0.2, 0) is 20.6 Å². The molecule has 0 radical (unpaired) electrons. The van der Waals surface area contributed by atoms with E-state index < -0.39 is 0 Å². The lowest BCUT2D eigenvalue weighted by molar-refractivity contribution is 0.0951. The zero-order valence-corrected chi connectivity index (χ0v) is 20.4. The average Bonchev–Trinajstić information content (AvgIpc) is 3.51. The van der Waals surface area contributed by atoms with Crippen LogP contribution in [0.15, 0.2) is 86.0 Å². The van der Waals surface area contributed by atoms with Crippen LogP contribution in [-0.4, -0.2) is 35.0 Å². The molecule has 1 amide bonds. The van der Waals surface area contributed by atoms with E-state index in [1.54, 1.807) is 43.4 Å². The first-order valence-electron chi connectivity index (χ1n) is 11.8. The lowest BCUT2D eigenvalue weighted by Crippen LogP contribution is -2.24. The normalized spacial score (nSPS) is 11.2. The van der Waals surface area contributed by atoms with Crippen molar-refractivity contribution in [1.82, 2.24) is 34.4 Å². The maximum Gasteiger partial charge on any atom is 0.253 e. The van der Waals surface area contributed by atoms with Crippen molar-refractivity contribution in [1.29, 1.82) is 0 Å². The molecule has 0 atom stereocenters. The Bertz CT molecular complexity index is 1770. The molecule has 4 heterocycles. The fourth-order valence-corrected chi connectivity index (χ4v) is 4.47. The molecule has 0 saturated carbocycles. The minimum atomic E-state index is -0.207. The fraction of sp³-hybridized carbons (Fsp3) is 0.107. The highest BCUT2D eigenvalue weighted by molar-refractivity contribution is 6.01. The third-order valence-corrected chi connectivity index (χ3v) is 6.46. The van der Waals surface area contributed by atoms with E-state index in [2.05, 4.69) is 59.4 Å². The Hall–Kier alpha value is -5.05. The number of hydrogen-bond acceptors (Lipinski definition) is 6. The Morgan fingerprint density at radius 1 is 0.919 bits per heavy atom. The van der Waals surface area contributed by atoms with E-state index in [-0.39, 0.29) is 5.91 Å².